The van der Waals surface area contributed by atoms with Gasteiger partial charge in [-0.3, -0.25) is 4.79 Å². The molecule has 259 valence electrons. The first-order valence-electron chi connectivity index (χ1n) is 16.7. The number of pyridine rings is 1. The Balaban J connectivity index is 0.000000334. The molecule has 0 saturated carbocycles. The Bertz CT molecular complexity index is 1850. The Kier molecular flexibility index (Phi) is 14.0. The van der Waals surface area contributed by atoms with Gasteiger partial charge in [0.25, 0.3) is 0 Å². The molecule has 0 aliphatic carbocycles. The van der Waals surface area contributed by atoms with Crippen molar-refractivity contribution in [2.75, 3.05) is 0 Å². The monoisotopic (exact) mass is 837 g/mol. The first kappa shape index (κ1) is 39.0. The third-order valence-corrected chi connectivity index (χ3v) is 8.90. The van der Waals surface area contributed by atoms with E-state index >= 15 is 0 Å². The Hall–Kier alpha value is -3.48. The molecule has 0 spiro atoms. The summed E-state index contributed by atoms with van der Waals surface area (Å²) in [6, 6.07) is 20.8. The number of aliphatic hydroxyl groups excluding tert-OH is 1. The van der Waals surface area contributed by atoms with Gasteiger partial charge in [-0.2, -0.15) is 13.2 Å². The van der Waals surface area contributed by atoms with Gasteiger partial charge in [-0.1, -0.05) is 88.9 Å². The average Bonchev–Trinajstić information content (AvgIpc) is 3.43. The van der Waals surface area contributed by atoms with Crippen molar-refractivity contribution in [3.63, 3.8) is 0 Å². The summed E-state index contributed by atoms with van der Waals surface area (Å²) in [4.78, 5) is 16.4. The zero-order valence-electron chi connectivity index (χ0n) is 28.5. The van der Waals surface area contributed by atoms with Crippen LogP contribution in [-0.4, -0.2) is 22.1 Å². The maximum absolute atomic E-state index is 12.7. The minimum absolute atomic E-state index is 0. The van der Waals surface area contributed by atoms with Crippen molar-refractivity contribution in [3.05, 3.63) is 89.8 Å². The average molecular weight is 837 g/mol. The van der Waals surface area contributed by atoms with E-state index in [1.807, 2.05) is 70.2 Å². The Morgan fingerprint density at radius 2 is 1.58 bits per heavy atom. The van der Waals surface area contributed by atoms with Crippen molar-refractivity contribution in [2.45, 2.75) is 92.2 Å². The molecule has 0 aliphatic heterocycles. The number of benzene rings is 3. The fraction of sp³-hybridized carbons (Fsp3) is 0.400. The number of hydrogen-bond acceptors (Lipinski definition) is 4. The maximum atomic E-state index is 12.7. The molecule has 0 atom stereocenters. The summed E-state index contributed by atoms with van der Waals surface area (Å²) >= 11 is 0. The van der Waals surface area contributed by atoms with Crippen LogP contribution in [0.25, 0.3) is 44.0 Å². The van der Waals surface area contributed by atoms with Crippen LogP contribution in [0.4, 0.5) is 13.2 Å². The van der Waals surface area contributed by atoms with E-state index in [1.165, 1.54) is 6.08 Å². The summed E-state index contributed by atoms with van der Waals surface area (Å²) in [5.41, 5.74) is 4.72. The molecule has 0 amide bonds. The fourth-order valence-corrected chi connectivity index (χ4v) is 5.91. The SMILES string of the molecule is CC(C)c1[c-]c(-c2nccc3cc(CCC(F)(F)F)ccc23)c2oc3ccccc3c2c1.CCC(CC)C(=O)/C=C(\O)C(CC)CC.[Ir]. The van der Waals surface area contributed by atoms with Crippen molar-refractivity contribution in [1.29, 1.82) is 0 Å². The molecule has 0 unspecified atom stereocenters. The number of ketones is 1. The zero-order chi connectivity index (χ0) is 34.3. The molecule has 1 N–H and O–H groups in total. The van der Waals surface area contributed by atoms with Crippen molar-refractivity contribution in [3.8, 4) is 11.3 Å². The normalized spacial score (nSPS) is 12.2. The Morgan fingerprint density at radius 1 is 0.917 bits per heavy atom. The molecule has 5 rings (SSSR count). The molecular weight excluding hydrogens is 792 g/mol. The van der Waals surface area contributed by atoms with Crippen LogP contribution in [-0.2, 0) is 31.3 Å². The number of para-hydroxylation sites is 1. The van der Waals surface area contributed by atoms with E-state index in [9.17, 15) is 23.1 Å². The second kappa shape index (κ2) is 17.3. The second-order valence-corrected chi connectivity index (χ2v) is 12.4. The molecule has 4 nitrogen and oxygen atoms in total. The van der Waals surface area contributed by atoms with Gasteiger partial charge in [-0.25, -0.2) is 0 Å². The van der Waals surface area contributed by atoms with Crippen LogP contribution in [0.1, 0.15) is 90.7 Å². The number of allylic oxidation sites excluding steroid dienone is 2. The topological polar surface area (TPSA) is 63.3 Å². The van der Waals surface area contributed by atoms with Gasteiger partial charge in [-0.05, 0) is 72.2 Å². The Labute approximate surface area is 295 Å². The number of furan rings is 1. The molecule has 0 aliphatic rings. The summed E-state index contributed by atoms with van der Waals surface area (Å²) in [6.07, 6.45) is 1.55. The van der Waals surface area contributed by atoms with Crippen molar-refractivity contribution in [1.82, 2.24) is 4.98 Å². The first-order valence-corrected chi connectivity index (χ1v) is 16.7. The molecule has 5 aromatic rings. The summed E-state index contributed by atoms with van der Waals surface area (Å²) in [5, 5.41) is 13.5. The van der Waals surface area contributed by atoms with Crippen molar-refractivity contribution >= 4 is 38.5 Å². The predicted octanol–water partition coefficient (Wildman–Crippen LogP) is 12.1. The molecular formula is C40H45F3IrNO3-. The molecule has 0 saturated heterocycles. The molecule has 1 radical (unpaired) electrons. The number of aromatic nitrogens is 1. The van der Waals surface area contributed by atoms with Crippen molar-refractivity contribution in [2.24, 2.45) is 11.8 Å². The number of aliphatic hydroxyl groups is 1. The van der Waals surface area contributed by atoms with E-state index in [0.717, 1.165) is 75.2 Å². The van der Waals surface area contributed by atoms with Gasteiger partial charge in [0.15, 0.2) is 5.78 Å². The van der Waals surface area contributed by atoms with Gasteiger partial charge in [0.2, 0.25) is 0 Å². The fourth-order valence-electron chi connectivity index (χ4n) is 5.91. The molecule has 8 heteroatoms. The van der Waals surface area contributed by atoms with Crippen LogP contribution < -0.4 is 0 Å². The van der Waals surface area contributed by atoms with Crippen LogP contribution in [0.15, 0.2) is 77.0 Å². The number of nitrogens with zero attached hydrogens (tertiary/aromatic N) is 1. The van der Waals surface area contributed by atoms with Gasteiger partial charge in [-0.15, -0.1) is 17.7 Å². The summed E-state index contributed by atoms with van der Waals surface area (Å²) in [6.45, 7) is 12.3. The quantitative estimate of drug-likeness (QED) is 0.0818. The van der Waals surface area contributed by atoms with Crippen LogP contribution in [0, 0.1) is 17.9 Å². The zero-order valence-corrected chi connectivity index (χ0v) is 30.9. The van der Waals surface area contributed by atoms with Gasteiger partial charge in [0.05, 0.1) is 11.3 Å². The predicted molar refractivity (Wildman–Crippen MR) is 186 cm³/mol. The number of carbonyl (C=O) groups excluding carboxylic acids is 1. The van der Waals surface area contributed by atoms with Crippen LogP contribution >= 0.6 is 0 Å². The number of hydrogen-bond donors (Lipinski definition) is 1. The number of rotatable bonds is 11. The van der Waals surface area contributed by atoms with E-state index in [4.69, 9.17) is 4.42 Å². The number of fused-ring (bicyclic) bond motifs is 4. The maximum Gasteiger partial charge on any atom is 0.389 e. The van der Waals surface area contributed by atoms with Crippen LogP contribution in [0.2, 0.25) is 0 Å². The Morgan fingerprint density at radius 3 is 2.21 bits per heavy atom. The van der Waals surface area contributed by atoms with Crippen LogP contribution in [0.3, 0.4) is 0 Å². The number of aryl methyl sites for hydroxylation is 1. The summed E-state index contributed by atoms with van der Waals surface area (Å²) < 4.78 is 44.2. The number of alkyl halides is 3. The standard InChI is InChI=1S/C27H21F3NO.C13H24O2.Ir/c1-16(2)19-14-22-21-5-3-4-6-24(21)32-26(22)23(15-19)25-20-8-7-17(9-11-27(28,29)30)13-18(20)10-12-31-25;1-5-10(6-2)12(14)9-13(15)11(7-3)8-4;/h3-8,10,12-14,16H,9,11H2,1-2H3;9-11,14H,5-8H2,1-4H3;/q-1;;/b;12-9-;. The smallest absolute Gasteiger partial charge is 0.389 e. The summed E-state index contributed by atoms with van der Waals surface area (Å²) in [7, 11) is 0. The molecule has 2 heterocycles. The number of halogens is 3. The van der Waals surface area contributed by atoms with Crippen LogP contribution in [0.5, 0.6) is 0 Å². The molecule has 48 heavy (non-hydrogen) atoms. The summed E-state index contributed by atoms with van der Waals surface area (Å²) in [5.74, 6) is 0.807. The van der Waals surface area contributed by atoms with E-state index < -0.39 is 12.6 Å². The van der Waals surface area contributed by atoms with E-state index in [-0.39, 0.29) is 55.8 Å². The molecule has 0 fully saturated rings. The minimum atomic E-state index is -4.17. The van der Waals surface area contributed by atoms with Gasteiger partial charge in [0.1, 0.15) is 5.58 Å². The van der Waals surface area contributed by atoms with E-state index in [1.54, 1.807) is 12.3 Å². The third-order valence-electron chi connectivity index (χ3n) is 8.90. The second-order valence-electron chi connectivity index (χ2n) is 12.4. The molecule has 0 bridgehead atoms. The van der Waals surface area contributed by atoms with E-state index in [0.29, 0.717) is 5.56 Å². The first-order chi connectivity index (χ1) is 22.4. The van der Waals surface area contributed by atoms with Gasteiger partial charge in [0, 0.05) is 56.0 Å². The van der Waals surface area contributed by atoms with E-state index in [2.05, 4.69) is 31.0 Å². The van der Waals surface area contributed by atoms with Crippen molar-refractivity contribution < 1.29 is 47.6 Å². The molecule has 2 aromatic heterocycles. The third kappa shape index (κ3) is 9.35. The minimum Gasteiger partial charge on any atom is -0.512 e. The van der Waals surface area contributed by atoms with Gasteiger partial charge < -0.3 is 14.5 Å². The number of carbonyl (C=O) groups is 1. The van der Waals surface area contributed by atoms with Gasteiger partial charge >= 0.3 is 6.18 Å². The largest absolute Gasteiger partial charge is 0.512 e. The molecule has 3 aromatic carbocycles.